The molecule has 0 saturated heterocycles. The summed E-state index contributed by atoms with van der Waals surface area (Å²) in [5.74, 6) is 0.871. The number of hydrogen-bond acceptors (Lipinski definition) is 6. The fourth-order valence-corrected chi connectivity index (χ4v) is 2.19. The van der Waals surface area contributed by atoms with Gasteiger partial charge in [-0.25, -0.2) is 0 Å². The Morgan fingerprint density at radius 1 is 1.17 bits per heavy atom. The van der Waals surface area contributed by atoms with Gasteiger partial charge in [0.25, 0.3) is 5.89 Å². The summed E-state index contributed by atoms with van der Waals surface area (Å²) in [4.78, 5) is 14.7. The maximum absolute atomic E-state index is 10.9. The smallest absolute Gasteiger partial charge is 0.310 e. The zero-order chi connectivity index (χ0) is 16.9. The Labute approximate surface area is 138 Å². The molecule has 0 N–H and O–H groups in total. The van der Waals surface area contributed by atoms with E-state index in [1.165, 1.54) is 17.7 Å². The van der Waals surface area contributed by atoms with Crippen molar-refractivity contribution >= 4 is 5.69 Å². The van der Waals surface area contributed by atoms with E-state index < -0.39 is 4.92 Å². The van der Waals surface area contributed by atoms with Crippen LogP contribution in [-0.2, 0) is 13.0 Å². The molecule has 0 radical (unpaired) electrons. The van der Waals surface area contributed by atoms with Crippen molar-refractivity contribution in [1.29, 1.82) is 0 Å². The molecular formula is C17H15N3O4. The predicted octanol–water partition coefficient (Wildman–Crippen LogP) is 3.79. The van der Waals surface area contributed by atoms with Crippen LogP contribution in [-0.4, -0.2) is 15.1 Å². The van der Waals surface area contributed by atoms with Crippen LogP contribution >= 0.6 is 0 Å². The Morgan fingerprint density at radius 2 is 1.92 bits per heavy atom. The second-order valence-electron chi connectivity index (χ2n) is 5.08. The maximum Gasteiger partial charge on any atom is 0.310 e. The van der Waals surface area contributed by atoms with Crippen LogP contribution in [0.3, 0.4) is 0 Å². The molecule has 0 aliphatic carbocycles. The van der Waals surface area contributed by atoms with Crippen LogP contribution in [0, 0.1) is 10.1 Å². The summed E-state index contributed by atoms with van der Waals surface area (Å²) >= 11 is 0. The average Bonchev–Trinajstić information content (AvgIpc) is 3.09. The van der Waals surface area contributed by atoms with Crippen LogP contribution in [0.4, 0.5) is 5.69 Å². The molecule has 7 heteroatoms. The van der Waals surface area contributed by atoms with Crippen LogP contribution in [0.2, 0.25) is 0 Å². The molecule has 0 fully saturated rings. The monoisotopic (exact) mass is 325 g/mol. The van der Waals surface area contributed by atoms with Gasteiger partial charge in [0, 0.05) is 11.6 Å². The van der Waals surface area contributed by atoms with Crippen molar-refractivity contribution < 1.29 is 14.2 Å². The Morgan fingerprint density at radius 3 is 2.62 bits per heavy atom. The van der Waals surface area contributed by atoms with Crippen molar-refractivity contribution in [2.45, 2.75) is 20.0 Å². The molecular weight excluding hydrogens is 310 g/mol. The van der Waals surface area contributed by atoms with E-state index in [9.17, 15) is 10.1 Å². The molecule has 7 nitrogen and oxygen atoms in total. The van der Waals surface area contributed by atoms with Crippen molar-refractivity contribution in [1.82, 2.24) is 10.1 Å². The zero-order valence-corrected chi connectivity index (χ0v) is 13.0. The Hall–Kier alpha value is -3.22. The van der Waals surface area contributed by atoms with E-state index in [-0.39, 0.29) is 23.9 Å². The topological polar surface area (TPSA) is 91.3 Å². The van der Waals surface area contributed by atoms with E-state index in [2.05, 4.69) is 17.1 Å². The molecule has 0 unspecified atom stereocenters. The Balaban J connectivity index is 1.71. The number of benzene rings is 2. The predicted molar refractivity (Wildman–Crippen MR) is 86.5 cm³/mol. The van der Waals surface area contributed by atoms with Crippen LogP contribution < -0.4 is 4.74 Å². The van der Waals surface area contributed by atoms with Gasteiger partial charge in [0.15, 0.2) is 12.4 Å². The van der Waals surface area contributed by atoms with Crippen LogP contribution in [0.25, 0.3) is 11.4 Å². The van der Waals surface area contributed by atoms with Gasteiger partial charge in [-0.2, -0.15) is 4.98 Å². The van der Waals surface area contributed by atoms with Gasteiger partial charge in [0.05, 0.1) is 4.92 Å². The normalized spacial score (nSPS) is 10.5. The highest BCUT2D eigenvalue weighted by molar-refractivity contribution is 5.54. The number of aryl methyl sites for hydroxylation is 1. The summed E-state index contributed by atoms with van der Waals surface area (Å²) in [6.07, 6.45) is 0.960. The number of ether oxygens (including phenoxy) is 1. The number of aromatic nitrogens is 2. The molecule has 24 heavy (non-hydrogen) atoms. The molecule has 0 bridgehead atoms. The van der Waals surface area contributed by atoms with Gasteiger partial charge in [0.2, 0.25) is 5.82 Å². The molecule has 1 heterocycles. The fourth-order valence-electron chi connectivity index (χ4n) is 2.19. The lowest BCUT2D eigenvalue weighted by molar-refractivity contribution is -0.386. The van der Waals surface area contributed by atoms with Gasteiger partial charge in [-0.3, -0.25) is 10.1 Å². The fraction of sp³-hybridized carbons (Fsp3) is 0.176. The summed E-state index contributed by atoms with van der Waals surface area (Å²) in [7, 11) is 0. The van der Waals surface area contributed by atoms with E-state index in [0.717, 1.165) is 12.0 Å². The first-order chi connectivity index (χ1) is 11.7. The minimum absolute atomic E-state index is 0.0368. The number of nitro groups is 1. The highest BCUT2D eigenvalue weighted by atomic mass is 16.6. The molecule has 3 rings (SSSR count). The first kappa shape index (κ1) is 15.7. The lowest BCUT2D eigenvalue weighted by atomic mass is 10.1. The highest BCUT2D eigenvalue weighted by Gasteiger charge is 2.15. The molecule has 3 aromatic rings. The highest BCUT2D eigenvalue weighted by Crippen LogP contribution is 2.26. The number of rotatable bonds is 6. The number of nitro benzene ring substituents is 1. The standard InChI is InChI=1S/C17H15N3O4/c1-2-12-7-9-13(10-8-12)17-18-16(24-19-17)11-23-15-6-4-3-5-14(15)20(21)22/h3-10H,2,11H2,1H3. The SMILES string of the molecule is CCc1ccc(-c2noc(COc3ccccc3[N+](=O)[O-])n2)cc1. The summed E-state index contributed by atoms with van der Waals surface area (Å²) in [6.45, 7) is 2.05. The minimum Gasteiger partial charge on any atom is -0.477 e. The van der Waals surface area contributed by atoms with E-state index in [1.54, 1.807) is 12.1 Å². The van der Waals surface area contributed by atoms with Crippen LogP contribution in [0.1, 0.15) is 18.4 Å². The Bertz CT molecular complexity index is 843. The molecule has 0 aliphatic heterocycles. The molecule has 2 aromatic carbocycles. The first-order valence-electron chi connectivity index (χ1n) is 7.45. The van der Waals surface area contributed by atoms with Crippen molar-refractivity contribution in [3.05, 3.63) is 70.1 Å². The van der Waals surface area contributed by atoms with E-state index in [4.69, 9.17) is 9.26 Å². The van der Waals surface area contributed by atoms with Gasteiger partial charge < -0.3 is 9.26 Å². The van der Waals surface area contributed by atoms with Gasteiger partial charge in [0.1, 0.15) is 0 Å². The van der Waals surface area contributed by atoms with E-state index in [1.807, 2.05) is 24.3 Å². The molecule has 0 atom stereocenters. The van der Waals surface area contributed by atoms with Crippen molar-refractivity contribution in [3.63, 3.8) is 0 Å². The van der Waals surface area contributed by atoms with Crippen LogP contribution in [0.15, 0.2) is 53.1 Å². The minimum atomic E-state index is -0.496. The van der Waals surface area contributed by atoms with Gasteiger partial charge in [-0.05, 0) is 18.1 Å². The van der Waals surface area contributed by atoms with E-state index >= 15 is 0 Å². The molecule has 1 aromatic heterocycles. The quantitative estimate of drug-likeness (QED) is 0.506. The van der Waals surface area contributed by atoms with Gasteiger partial charge in [-0.15, -0.1) is 0 Å². The largest absolute Gasteiger partial charge is 0.477 e. The summed E-state index contributed by atoms with van der Waals surface area (Å²) in [5.41, 5.74) is 1.96. The molecule has 0 aliphatic rings. The zero-order valence-electron chi connectivity index (χ0n) is 13.0. The van der Waals surface area contributed by atoms with Gasteiger partial charge in [-0.1, -0.05) is 48.5 Å². The first-order valence-corrected chi connectivity index (χ1v) is 7.45. The second kappa shape index (κ2) is 6.91. The lowest BCUT2D eigenvalue weighted by Crippen LogP contribution is -1.99. The summed E-state index contributed by atoms with van der Waals surface area (Å²) in [5, 5.41) is 14.9. The third-order valence-corrected chi connectivity index (χ3v) is 3.50. The summed E-state index contributed by atoms with van der Waals surface area (Å²) in [6, 6.07) is 14.0. The van der Waals surface area contributed by atoms with E-state index in [0.29, 0.717) is 5.82 Å². The Kier molecular flexibility index (Phi) is 4.51. The van der Waals surface area contributed by atoms with Crippen molar-refractivity contribution in [2.24, 2.45) is 0 Å². The molecule has 0 saturated carbocycles. The van der Waals surface area contributed by atoms with Crippen molar-refractivity contribution in [3.8, 4) is 17.1 Å². The number of nitrogens with zero attached hydrogens (tertiary/aromatic N) is 3. The maximum atomic E-state index is 10.9. The van der Waals surface area contributed by atoms with Crippen molar-refractivity contribution in [2.75, 3.05) is 0 Å². The average molecular weight is 325 g/mol. The third kappa shape index (κ3) is 3.40. The lowest BCUT2D eigenvalue weighted by Gasteiger charge is -2.03. The number of para-hydroxylation sites is 2. The van der Waals surface area contributed by atoms with Crippen LogP contribution in [0.5, 0.6) is 5.75 Å². The molecule has 0 amide bonds. The summed E-state index contributed by atoms with van der Waals surface area (Å²) < 4.78 is 10.6. The third-order valence-electron chi connectivity index (χ3n) is 3.50. The van der Waals surface area contributed by atoms with Gasteiger partial charge >= 0.3 is 5.69 Å². The second-order valence-corrected chi connectivity index (χ2v) is 5.08. The molecule has 122 valence electrons. The number of hydrogen-bond donors (Lipinski definition) is 0. The molecule has 0 spiro atoms.